The van der Waals surface area contributed by atoms with Gasteiger partial charge in [-0.05, 0) is 36.4 Å². The lowest BCUT2D eigenvalue weighted by Gasteiger charge is -2.43. The van der Waals surface area contributed by atoms with Gasteiger partial charge in [-0.1, -0.05) is 77.2 Å². The van der Waals surface area contributed by atoms with Crippen molar-refractivity contribution in [3.8, 4) is 0 Å². The summed E-state index contributed by atoms with van der Waals surface area (Å²) in [5.74, 6) is -1.97. The second-order valence-corrected chi connectivity index (χ2v) is 9.02. The lowest BCUT2D eigenvalue weighted by molar-refractivity contribution is -0.282. The molecule has 0 aliphatic carbocycles. The van der Waals surface area contributed by atoms with E-state index < -0.39 is 48.6 Å². The van der Waals surface area contributed by atoms with Crippen LogP contribution in [0, 0.1) is 0 Å². The van der Waals surface area contributed by atoms with E-state index in [1.807, 2.05) is 0 Å². The molecule has 9 heteroatoms. The molecule has 0 saturated carbocycles. The summed E-state index contributed by atoms with van der Waals surface area (Å²) in [7, 11) is 1.39. The molecular weight excluding hydrogens is 591 g/mol. The summed E-state index contributed by atoms with van der Waals surface area (Å²) in [5, 5.41) is 0. The Kier molecular flexibility index (Phi) is 9.26. The molecule has 0 aromatic heterocycles. The molecule has 0 N–H and O–H groups in total. The Morgan fingerprint density at radius 1 is 0.649 bits per heavy atom. The number of carbonyl (C=O) groups is 3. The number of hydrogen-bond donors (Lipinski definition) is 0. The summed E-state index contributed by atoms with van der Waals surface area (Å²) in [5.41, 5.74) is 0.893. The van der Waals surface area contributed by atoms with E-state index >= 15 is 0 Å². The number of halogens is 1. The van der Waals surface area contributed by atoms with Crippen molar-refractivity contribution < 1.29 is 38.1 Å². The van der Waals surface area contributed by atoms with Crippen LogP contribution in [-0.4, -0.2) is 60.2 Å². The van der Waals surface area contributed by atoms with Crippen molar-refractivity contribution in [1.82, 2.24) is 0 Å². The highest BCUT2D eigenvalue weighted by Crippen LogP contribution is 2.31. The summed E-state index contributed by atoms with van der Waals surface area (Å²) in [6, 6.07) is 25.2. The van der Waals surface area contributed by atoms with Crippen molar-refractivity contribution in [2.75, 3.05) is 11.5 Å². The zero-order valence-corrected chi connectivity index (χ0v) is 22.1. The van der Waals surface area contributed by atoms with E-state index in [9.17, 15) is 14.4 Å². The van der Waals surface area contributed by atoms with Gasteiger partial charge >= 0.3 is 17.9 Å². The molecule has 0 spiro atoms. The standard InChI is InChI=1S/C28H25IO8/c1-33-28-24(37-27(32)20-15-9-4-10-16-20)23(36-26(31)19-13-7-3-8-14-19)22(21(17-29)34-28)35-25(30)18-11-5-2-6-12-18/h2-16,21-24,28H,17H2,1H3/t21-,22+,23+,24-,28+/m0/s1. The summed E-state index contributed by atoms with van der Waals surface area (Å²) < 4.78 is 29.4. The molecular formula is C28H25IO8. The number of carbonyl (C=O) groups excluding carboxylic acids is 3. The Labute approximate surface area is 228 Å². The fourth-order valence-electron chi connectivity index (χ4n) is 3.89. The second kappa shape index (κ2) is 12.8. The van der Waals surface area contributed by atoms with E-state index in [0.29, 0.717) is 15.6 Å². The van der Waals surface area contributed by atoms with Crippen molar-refractivity contribution in [2.24, 2.45) is 0 Å². The number of rotatable bonds is 8. The summed E-state index contributed by atoms with van der Waals surface area (Å²) >= 11 is 2.09. The zero-order valence-electron chi connectivity index (χ0n) is 19.9. The third-order valence-electron chi connectivity index (χ3n) is 5.73. The number of alkyl halides is 1. The number of benzene rings is 3. The van der Waals surface area contributed by atoms with Crippen LogP contribution in [0.1, 0.15) is 31.1 Å². The van der Waals surface area contributed by atoms with Gasteiger partial charge in [0.25, 0.3) is 0 Å². The first-order valence-electron chi connectivity index (χ1n) is 11.5. The monoisotopic (exact) mass is 616 g/mol. The fraction of sp³-hybridized carbons (Fsp3) is 0.250. The normalized spacial score (nSPS) is 23.0. The minimum absolute atomic E-state index is 0.287. The molecule has 3 aromatic rings. The van der Waals surface area contributed by atoms with Gasteiger partial charge in [-0.15, -0.1) is 0 Å². The van der Waals surface area contributed by atoms with Gasteiger partial charge < -0.3 is 23.7 Å². The van der Waals surface area contributed by atoms with E-state index in [1.54, 1.807) is 91.0 Å². The van der Waals surface area contributed by atoms with Crippen molar-refractivity contribution in [1.29, 1.82) is 0 Å². The largest absolute Gasteiger partial charge is 0.452 e. The number of esters is 3. The molecule has 3 aromatic carbocycles. The van der Waals surface area contributed by atoms with E-state index in [0.717, 1.165) is 0 Å². The third-order valence-corrected chi connectivity index (χ3v) is 6.60. The molecule has 5 atom stereocenters. The highest BCUT2D eigenvalue weighted by molar-refractivity contribution is 14.1. The van der Waals surface area contributed by atoms with Crippen LogP contribution in [0.5, 0.6) is 0 Å². The molecule has 8 nitrogen and oxygen atoms in total. The van der Waals surface area contributed by atoms with Crippen LogP contribution in [0.25, 0.3) is 0 Å². The summed E-state index contributed by atoms with van der Waals surface area (Å²) in [6.45, 7) is 0. The first-order chi connectivity index (χ1) is 18.0. The predicted molar refractivity (Wildman–Crippen MR) is 141 cm³/mol. The highest BCUT2D eigenvalue weighted by Gasteiger charge is 2.52. The van der Waals surface area contributed by atoms with Gasteiger partial charge in [-0.2, -0.15) is 0 Å². The lowest BCUT2D eigenvalue weighted by Crippen LogP contribution is -2.62. The molecule has 4 rings (SSSR count). The number of hydrogen-bond acceptors (Lipinski definition) is 8. The van der Waals surface area contributed by atoms with Gasteiger partial charge in [0.15, 0.2) is 24.6 Å². The second-order valence-electron chi connectivity index (χ2n) is 8.14. The van der Waals surface area contributed by atoms with Crippen molar-refractivity contribution in [2.45, 2.75) is 30.7 Å². The van der Waals surface area contributed by atoms with E-state index in [-0.39, 0.29) is 5.56 Å². The number of ether oxygens (including phenoxy) is 5. The van der Waals surface area contributed by atoms with Gasteiger partial charge in [0.05, 0.1) is 16.7 Å². The molecule has 37 heavy (non-hydrogen) atoms. The van der Waals surface area contributed by atoms with Crippen LogP contribution in [-0.2, 0) is 23.7 Å². The maximum atomic E-state index is 13.1. The Balaban J connectivity index is 1.69. The minimum Gasteiger partial charge on any atom is -0.452 e. The minimum atomic E-state index is -1.22. The molecule has 1 heterocycles. The fourth-order valence-corrected chi connectivity index (χ4v) is 4.60. The Bertz CT molecular complexity index is 1120. The third kappa shape index (κ3) is 6.54. The van der Waals surface area contributed by atoms with Gasteiger partial charge in [0.2, 0.25) is 0 Å². The SMILES string of the molecule is CO[C@@H]1O[C@@H](CI)[C@@H](OC(=O)c2ccccc2)[C@@H](OC(=O)c2ccccc2)[C@@H]1OC(=O)c1ccccc1. The van der Waals surface area contributed by atoms with E-state index in [1.165, 1.54) is 7.11 Å². The van der Waals surface area contributed by atoms with Crippen molar-refractivity contribution in [3.63, 3.8) is 0 Å². The van der Waals surface area contributed by atoms with Gasteiger partial charge in [0, 0.05) is 11.5 Å². The molecule has 1 saturated heterocycles. The Morgan fingerprint density at radius 3 is 1.41 bits per heavy atom. The molecule has 1 aliphatic heterocycles. The van der Waals surface area contributed by atoms with Crippen LogP contribution in [0.2, 0.25) is 0 Å². The first kappa shape index (κ1) is 26.8. The van der Waals surface area contributed by atoms with Crippen molar-refractivity contribution >= 4 is 40.5 Å². The highest BCUT2D eigenvalue weighted by atomic mass is 127. The maximum absolute atomic E-state index is 13.1. The molecule has 1 fully saturated rings. The topological polar surface area (TPSA) is 97.4 Å². The van der Waals surface area contributed by atoms with Crippen LogP contribution >= 0.6 is 22.6 Å². The van der Waals surface area contributed by atoms with Crippen LogP contribution in [0.3, 0.4) is 0 Å². The van der Waals surface area contributed by atoms with Gasteiger partial charge in [-0.3, -0.25) is 0 Å². The van der Waals surface area contributed by atoms with E-state index in [2.05, 4.69) is 22.6 Å². The zero-order chi connectivity index (χ0) is 26.2. The number of methoxy groups -OCH3 is 1. The molecule has 192 valence electrons. The Morgan fingerprint density at radius 2 is 1.03 bits per heavy atom. The molecule has 0 radical (unpaired) electrons. The van der Waals surface area contributed by atoms with Gasteiger partial charge in [0.1, 0.15) is 6.10 Å². The van der Waals surface area contributed by atoms with E-state index in [4.69, 9.17) is 23.7 Å². The van der Waals surface area contributed by atoms with Crippen molar-refractivity contribution in [3.05, 3.63) is 108 Å². The first-order valence-corrected chi connectivity index (χ1v) is 13.1. The van der Waals surface area contributed by atoms with Crippen LogP contribution in [0.15, 0.2) is 91.0 Å². The molecule has 0 unspecified atom stereocenters. The molecule has 0 bridgehead atoms. The quantitative estimate of drug-likeness (QED) is 0.158. The van der Waals surface area contributed by atoms with Gasteiger partial charge in [-0.25, -0.2) is 14.4 Å². The average Bonchev–Trinajstić information content (AvgIpc) is 2.95. The van der Waals surface area contributed by atoms with Crippen LogP contribution < -0.4 is 0 Å². The Hall–Kier alpha value is -3.28. The smallest absolute Gasteiger partial charge is 0.338 e. The predicted octanol–water partition coefficient (Wildman–Crippen LogP) is 4.47. The average molecular weight is 616 g/mol. The maximum Gasteiger partial charge on any atom is 0.338 e. The molecule has 1 aliphatic rings. The summed E-state index contributed by atoms with van der Waals surface area (Å²) in [4.78, 5) is 39.1. The lowest BCUT2D eigenvalue weighted by atomic mass is 9.98. The summed E-state index contributed by atoms with van der Waals surface area (Å²) in [6.07, 6.45) is -5.31. The van der Waals surface area contributed by atoms with Crippen LogP contribution in [0.4, 0.5) is 0 Å². The molecule has 0 amide bonds.